The number of hydrogen-bond acceptors (Lipinski definition) is 5. The SMILES string of the molecule is O=C(CSc1nc2ncccn2n1)NCCc1ccc(Cl)cc1. The first kappa shape index (κ1) is 15.8. The molecule has 0 fully saturated rings. The van der Waals surface area contributed by atoms with Crippen LogP contribution in [0, 0.1) is 0 Å². The highest BCUT2D eigenvalue weighted by atomic mass is 35.5. The summed E-state index contributed by atoms with van der Waals surface area (Å²) in [6.07, 6.45) is 4.19. The van der Waals surface area contributed by atoms with E-state index in [9.17, 15) is 4.79 Å². The van der Waals surface area contributed by atoms with Crippen molar-refractivity contribution in [1.29, 1.82) is 0 Å². The van der Waals surface area contributed by atoms with Crippen LogP contribution in [0.2, 0.25) is 5.02 Å². The molecule has 0 aliphatic rings. The van der Waals surface area contributed by atoms with Crippen molar-refractivity contribution in [2.24, 2.45) is 0 Å². The molecule has 0 atom stereocenters. The molecule has 0 saturated heterocycles. The number of hydrogen-bond donors (Lipinski definition) is 1. The minimum Gasteiger partial charge on any atom is -0.355 e. The fourth-order valence-corrected chi connectivity index (χ4v) is 2.73. The van der Waals surface area contributed by atoms with E-state index < -0.39 is 0 Å². The summed E-state index contributed by atoms with van der Waals surface area (Å²) in [6.45, 7) is 0.584. The first-order valence-corrected chi connectivity index (χ1v) is 8.38. The van der Waals surface area contributed by atoms with Crippen molar-refractivity contribution in [2.45, 2.75) is 11.6 Å². The first-order chi connectivity index (χ1) is 11.2. The summed E-state index contributed by atoms with van der Waals surface area (Å²) < 4.78 is 1.58. The molecule has 0 unspecified atom stereocenters. The summed E-state index contributed by atoms with van der Waals surface area (Å²) in [4.78, 5) is 20.2. The van der Waals surface area contributed by atoms with Crippen LogP contribution in [0.3, 0.4) is 0 Å². The average molecular weight is 348 g/mol. The van der Waals surface area contributed by atoms with Crippen LogP contribution in [0.5, 0.6) is 0 Å². The Balaban J connectivity index is 1.43. The Bertz CT molecular complexity index is 772. The normalized spacial score (nSPS) is 10.8. The smallest absolute Gasteiger partial charge is 0.253 e. The standard InChI is InChI=1S/C15H14ClN5OS/c16-12-4-2-11(3-5-12)6-8-17-13(22)10-23-15-19-14-18-7-1-9-21(14)20-15/h1-5,7,9H,6,8,10H2,(H,17,22). The lowest BCUT2D eigenvalue weighted by molar-refractivity contribution is -0.118. The van der Waals surface area contributed by atoms with E-state index in [1.54, 1.807) is 23.0 Å². The highest BCUT2D eigenvalue weighted by molar-refractivity contribution is 7.99. The van der Waals surface area contributed by atoms with E-state index in [4.69, 9.17) is 11.6 Å². The molecule has 0 radical (unpaired) electrons. The molecule has 3 aromatic rings. The molecular formula is C15H14ClN5OS. The van der Waals surface area contributed by atoms with Gasteiger partial charge in [-0.3, -0.25) is 4.79 Å². The Morgan fingerprint density at radius 2 is 2.13 bits per heavy atom. The Hall–Kier alpha value is -2.12. The third kappa shape index (κ3) is 4.43. The molecule has 0 saturated carbocycles. The van der Waals surface area contributed by atoms with E-state index in [0.29, 0.717) is 22.5 Å². The molecule has 2 aromatic heterocycles. The Labute approximate surface area is 142 Å². The van der Waals surface area contributed by atoms with Crippen LogP contribution in [0.1, 0.15) is 5.56 Å². The number of carbonyl (C=O) groups excluding carboxylic acids is 1. The van der Waals surface area contributed by atoms with Gasteiger partial charge in [0.1, 0.15) is 0 Å². The largest absolute Gasteiger partial charge is 0.355 e. The van der Waals surface area contributed by atoms with Gasteiger partial charge in [-0.1, -0.05) is 35.5 Å². The van der Waals surface area contributed by atoms with Crippen LogP contribution in [0.25, 0.3) is 5.78 Å². The van der Waals surface area contributed by atoms with Crippen LogP contribution < -0.4 is 5.32 Å². The summed E-state index contributed by atoms with van der Waals surface area (Å²) in [5, 5.41) is 8.36. The zero-order valence-electron chi connectivity index (χ0n) is 12.1. The number of carbonyl (C=O) groups is 1. The van der Waals surface area contributed by atoms with Crippen molar-refractivity contribution in [2.75, 3.05) is 12.3 Å². The maximum Gasteiger partial charge on any atom is 0.253 e. The van der Waals surface area contributed by atoms with E-state index in [1.807, 2.05) is 24.3 Å². The zero-order valence-corrected chi connectivity index (χ0v) is 13.7. The van der Waals surface area contributed by atoms with Gasteiger partial charge in [0.25, 0.3) is 5.78 Å². The highest BCUT2D eigenvalue weighted by Gasteiger charge is 2.08. The number of aromatic nitrogens is 4. The van der Waals surface area contributed by atoms with Crippen LogP contribution in [0.15, 0.2) is 47.9 Å². The molecular weight excluding hydrogens is 334 g/mol. The Morgan fingerprint density at radius 3 is 2.91 bits per heavy atom. The molecule has 8 heteroatoms. The predicted octanol–water partition coefficient (Wildman–Crippen LogP) is 2.23. The number of amides is 1. The highest BCUT2D eigenvalue weighted by Crippen LogP contribution is 2.13. The fraction of sp³-hybridized carbons (Fsp3) is 0.200. The van der Waals surface area contributed by atoms with E-state index >= 15 is 0 Å². The van der Waals surface area contributed by atoms with Gasteiger partial charge in [0.05, 0.1) is 5.75 Å². The molecule has 1 N–H and O–H groups in total. The number of nitrogens with zero attached hydrogens (tertiary/aromatic N) is 4. The van der Waals surface area contributed by atoms with Crippen molar-refractivity contribution >= 4 is 35.0 Å². The summed E-state index contributed by atoms with van der Waals surface area (Å²) in [7, 11) is 0. The summed E-state index contributed by atoms with van der Waals surface area (Å²) >= 11 is 7.12. The number of fused-ring (bicyclic) bond motifs is 1. The van der Waals surface area contributed by atoms with Gasteiger partial charge in [0, 0.05) is 24.0 Å². The second kappa shape index (κ2) is 7.43. The van der Waals surface area contributed by atoms with Gasteiger partial charge >= 0.3 is 0 Å². The van der Waals surface area contributed by atoms with Crippen LogP contribution >= 0.6 is 23.4 Å². The molecule has 3 rings (SSSR count). The minimum atomic E-state index is -0.0456. The third-order valence-electron chi connectivity index (χ3n) is 3.08. The average Bonchev–Trinajstić information content (AvgIpc) is 2.98. The maximum absolute atomic E-state index is 11.8. The summed E-state index contributed by atoms with van der Waals surface area (Å²) in [5.74, 6) is 0.756. The van der Waals surface area contributed by atoms with Gasteiger partial charge in [-0.2, -0.15) is 4.98 Å². The predicted molar refractivity (Wildman–Crippen MR) is 89.7 cm³/mol. The summed E-state index contributed by atoms with van der Waals surface area (Å²) in [5.41, 5.74) is 1.13. The quantitative estimate of drug-likeness (QED) is 0.692. The van der Waals surface area contributed by atoms with E-state index in [1.165, 1.54) is 11.8 Å². The number of nitrogens with one attached hydrogen (secondary N) is 1. The minimum absolute atomic E-state index is 0.0456. The lowest BCUT2D eigenvalue weighted by Crippen LogP contribution is -2.27. The van der Waals surface area contributed by atoms with Crippen molar-refractivity contribution in [3.8, 4) is 0 Å². The molecule has 6 nitrogen and oxygen atoms in total. The van der Waals surface area contributed by atoms with Crippen LogP contribution in [0.4, 0.5) is 0 Å². The van der Waals surface area contributed by atoms with Crippen molar-refractivity contribution in [1.82, 2.24) is 24.9 Å². The van der Waals surface area contributed by atoms with E-state index in [-0.39, 0.29) is 11.7 Å². The number of benzene rings is 1. The second-order valence-corrected chi connectivity index (χ2v) is 6.15. The molecule has 0 aliphatic heterocycles. The van der Waals surface area contributed by atoms with Gasteiger partial charge in [-0.25, -0.2) is 9.50 Å². The molecule has 2 heterocycles. The van der Waals surface area contributed by atoms with Crippen LogP contribution in [-0.2, 0) is 11.2 Å². The number of halogens is 1. The monoisotopic (exact) mass is 347 g/mol. The number of thioether (sulfide) groups is 1. The molecule has 118 valence electrons. The van der Waals surface area contributed by atoms with Crippen molar-refractivity contribution in [3.63, 3.8) is 0 Å². The Morgan fingerprint density at radius 1 is 1.30 bits per heavy atom. The van der Waals surface area contributed by atoms with Crippen molar-refractivity contribution < 1.29 is 4.79 Å². The Kier molecular flexibility index (Phi) is 5.09. The number of rotatable bonds is 6. The van der Waals surface area contributed by atoms with E-state index in [0.717, 1.165) is 12.0 Å². The zero-order chi connectivity index (χ0) is 16.1. The molecule has 1 aromatic carbocycles. The summed E-state index contributed by atoms with van der Waals surface area (Å²) in [6, 6.07) is 9.38. The van der Waals surface area contributed by atoms with Gasteiger partial charge < -0.3 is 5.32 Å². The fourth-order valence-electron chi connectivity index (χ4n) is 1.95. The first-order valence-electron chi connectivity index (χ1n) is 7.02. The third-order valence-corrected chi connectivity index (χ3v) is 4.17. The molecule has 0 spiro atoms. The second-order valence-electron chi connectivity index (χ2n) is 4.77. The van der Waals surface area contributed by atoms with Gasteiger partial charge in [0.2, 0.25) is 11.1 Å². The molecule has 23 heavy (non-hydrogen) atoms. The van der Waals surface area contributed by atoms with Crippen LogP contribution in [-0.4, -0.2) is 37.8 Å². The molecule has 0 bridgehead atoms. The molecule has 1 amide bonds. The maximum atomic E-state index is 11.8. The lowest BCUT2D eigenvalue weighted by Gasteiger charge is -2.04. The van der Waals surface area contributed by atoms with Crippen molar-refractivity contribution in [3.05, 3.63) is 53.3 Å². The van der Waals surface area contributed by atoms with Gasteiger partial charge in [-0.15, -0.1) is 5.10 Å². The topological polar surface area (TPSA) is 72.2 Å². The van der Waals surface area contributed by atoms with E-state index in [2.05, 4.69) is 20.4 Å². The van der Waals surface area contributed by atoms with Gasteiger partial charge in [0.15, 0.2) is 0 Å². The van der Waals surface area contributed by atoms with Gasteiger partial charge in [-0.05, 0) is 30.2 Å². The molecule has 0 aliphatic carbocycles. The lowest BCUT2D eigenvalue weighted by atomic mass is 10.1.